The first-order valence-electron chi connectivity index (χ1n) is 5.77. The van der Waals surface area contributed by atoms with Crippen molar-refractivity contribution in [3.8, 4) is 0 Å². The van der Waals surface area contributed by atoms with E-state index in [0.717, 1.165) is 4.68 Å². The number of aliphatic hydroxyl groups is 1. The summed E-state index contributed by atoms with van der Waals surface area (Å²) in [7, 11) is 0. The molecule has 0 aliphatic rings. The third-order valence-electron chi connectivity index (χ3n) is 2.92. The van der Waals surface area contributed by atoms with Gasteiger partial charge in [0.25, 0.3) is 0 Å². The second-order valence-electron chi connectivity index (χ2n) is 4.20. The molecule has 0 bridgehead atoms. The van der Waals surface area contributed by atoms with Gasteiger partial charge in [-0.05, 0) is 24.0 Å². The normalized spacial score (nSPS) is 15.0. The van der Waals surface area contributed by atoms with Gasteiger partial charge in [0.1, 0.15) is 18.7 Å². The second-order valence-corrected chi connectivity index (χ2v) is 5.99. The first-order chi connectivity index (χ1) is 9.86. The van der Waals surface area contributed by atoms with Crippen LogP contribution in [0.15, 0.2) is 30.9 Å². The Morgan fingerprint density at radius 1 is 1.38 bits per heavy atom. The predicted molar refractivity (Wildman–Crippen MR) is 79.1 cm³/mol. The van der Waals surface area contributed by atoms with Gasteiger partial charge in [0, 0.05) is 10.0 Å². The Bertz CT molecular complexity index is 613. The van der Waals surface area contributed by atoms with Crippen molar-refractivity contribution in [1.82, 2.24) is 14.8 Å². The second kappa shape index (κ2) is 6.48. The van der Waals surface area contributed by atoms with Gasteiger partial charge in [0.05, 0.1) is 0 Å². The molecule has 0 fully saturated rings. The lowest BCUT2D eigenvalue weighted by molar-refractivity contribution is -0.0545. The minimum absolute atomic E-state index is 0.166. The summed E-state index contributed by atoms with van der Waals surface area (Å²) in [6, 6.07) is 3.24. The fourth-order valence-electron chi connectivity index (χ4n) is 1.86. The first kappa shape index (κ1) is 16.5. The maximum Gasteiger partial charge on any atom is 0.321 e. The summed E-state index contributed by atoms with van der Waals surface area (Å²) in [6.07, 6.45) is 1.62. The fraction of sp³-hybridized carbons (Fsp3) is 0.333. The van der Waals surface area contributed by atoms with Crippen LogP contribution >= 0.6 is 35.0 Å². The van der Waals surface area contributed by atoms with E-state index in [-0.39, 0.29) is 22.3 Å². The van der Waals surface area contributed by atoms with E-state index in [0.29, 0.717) is 5.02 Å². The number of halogens is 4. The maximum atomic E-state index is 13.9. The van der Waals surface area contributed by atoms with E-state index in [1.54, 1.807) is 0 Å². The zero-order valence-corrected chi connectivity index (χ0v) is 13.1. The van der Waals surface area contributed by atoms with Crippen molar-refractivity contribution >= 4 is 35.0 Å². The molecule has 0 radical (unpaired) electrons. The molecule has 1 N–H and O–H groups in total. The average molecular weight is 354 g/mol. The van der Waals surface area contributed by atoms with Crippen LogP contribution in [0.5, 0.6) is 0 Å². The Labute approximate surface area is 134 Å². The summed E-state index contributed by atoms with van der Waals surface area (Å²) < 4.78 is 28.9. The highest BCUT2D eigenvalue weighted by atomic mass is 35.5. The van der Waals surface area contributed by atoms with Crippen molar-refractivity contribution in [3.63, 3.8) is 0 Å². The smallest absolute Gasteiger partial charge is 0.321 e. The molecule has 4 nitrogen and oxygen atoms in total. The molecule has 0 amide bonds. The topological polar surface area (TPSA) is 50.9 Å². The predicted octanol–water partition coefficient (Wildman–Crippen LogP) is 3.49. The zero-order valence-electron chi connectivity index (χ0n) is 10.8. The van der Waals surface area contributed by atoms with Crippen molar-refractivity contribution < 1.29 is 13.9 Å². The van der Waals surface area contributed by atoms with Crippen LogP contribution in [-0.4, -0.2) is 37.5 Å². The van der Waals surface area contributed by atoms with Gasteiger partial charge in [-0.15, -0.1) is 0 Å². The van der Waals surface area contributed by atoms with Gasteiger partial charge in [-0.25, -0.2) is 9.67 Å². The highest BCUT2D eigenvalue weighted by Gasteiger charge is 2.45. The average Bonchev–Trinajstić information content (AvgIpc) is 2.95. The Kier molecular flexibility index (Phi) is 5.08. The van der Waals surface area contributed by atoms with Crippen molar-refractivity contribution in [2.24, 2.45) is 0 Å². The summed E-state index contributed by atoms with van der Waals surface area (Å²) in [5.41, 5.74) is 0.285. The molecule has 0 saturated heterocycles. The molecule has 0 aliphatic carbocycles. The van der Waals surface area contributed by atoms with Crippen molar-refractivity contribution in [3.05, 3.63) is 46.5 Å². The summed E-state index contributed by atoms with van der Waals surface area (Å²) in [5, 5.41) is 11.1. The third-order valence-corrected chi connectivity index (χ3v) is 4.27. The van der Waals surface area contributed by atoms with E-state index in [9.17, 15) is 13.9 Å². The molecule has 1 heterocycles. The summed E-state index contributed by atoms with van der Waals surface area (Å²) >= 11 is 12.1. The molecule has 114 valence electrons. The third kappa shape index (κ3) is 3.48. The molecule has 1 aromatic carbocycles. The van der Waals surface area contributed by atoms with Crippen LogP contribution in [0.1, 0.15) is 11.6 Å². The van der Waals surface area contributed by atoms with Gasteiger partial charge in [-0.2, -0.15) is 13.9 Å². The number of hydrogen-bond donors (Lipinski definition) is 1. The number of benzene rings is 1. The number of hydrogen-bond acceptors (Lipinski definition) is 4. The monoisotopic (exact) mass is 353 g/mol. The summed E-state index contributed by atoms with van der Waals surface area (Å²) in [6.45, 7) is 0. The number of alkyl halides is 2. The molecule has 21 heavy (non-hydrogen) atoms. The molecule has 9 heteroatoms. The fourth-order valence-corrected chi connectivity index (χ4v) is 2.75. The van der Waals surface area contributed by atoms with Gasteiger partial charge in [0.2, 0.25) is 0 Å². The van der Waals surface area contributed by atoms with E-state index in [4.69, 9.17) is 23.2 Å². The van der Waals surface area contributed by atoms with E-state index in [2.05, 4.69) is 10.1 Å². The highest BCUT2D eigenvalue weighted by Crippen LogP contribution is 2.40. The van der Waals surface area contributed by atoms with Gasteiger partial charge < -0.3 is 5.11 Å². The van der Waals surface area contributed by atoms with Crippen molar-refractivity contribution in [2.75, 3.05) is 6.26 Å². The molecule has 2 atom stereocenters. The first-order valence-corrected chi connectivity index (χ1v) is 7.75. The quantitative estimate of drug-likeness (QED) is 0.893. The number of aliphatic hydroxyl groups excluding tert-OH is 1. The molecular formula is C12H11Cl2F2N3OS. The van der Waals surface area contributed by atoms with E-state index >= 15 is 0 Å². The van der Waals surface area contributed by atoms with E-state index in [1.165, 1.54) is 37.1 Å². The minimum atomic E-state index is -3.38. The lowest BCUT2D eigenvalue weighted by Gasteiger charge is -2.29. The van der Waals surface area contributed by atoms with E-state index in [1.807, 2.05) is 0 Å². The Hall–Kier alpha value is -0.890. The molecule has 0 saturated carbocycles. The minimum Gasteiger partial charge on any atom is -0.383 e. The number of rotatable bonds is 5. The van der Waals surface area contributed by atoms with Gasteiger partial charge in [-0.3, -0.25) is 0 Å². The number of aromatic nitrogens is 3. The molecule has 2 aromatic rings. The van der Waals surface area contributed by atoms with Gasteiger partial charge in [0.15, 0.2) is 6.10 Å². The van der Waals surface area contributed by atoms with Crippen LogP contribution in [0.2, 0.25) is 10.0 Å². The SMILES string of the molecule is CSC(F)(F)C(O)C(c1ccc(Cl)cc1Cl)n1cncn1. The molecule has 1 aromatic heterocycles. The zero-order chi connectivity index (χ0) is 15.6. The maximum absolute atomic E-state index is 13.9. The summed E-state index contributed by atoms with van der Waals surface area (Å²) in [4.78, 5) is 3.73. The number of thioether (sulfide) groups is 1. The van der Waals surface area contributed by atoms with Crippen LogP contribution in [0, 0.1) is 0 Å². The van der Waals surface area contributed by atoms with Crippen LogP contribution in [0.25, 0.3) is 0 Å². The Morgan fingerprint density at radius 3 is 2.62 bits per heavy atom. The standard InChI is InChI=1S/C12H11Cl2F2N3OS/c1-21-12(15,16)11(20)10(19-6-17-5-18-19)8-3-2-7(13)4-9(8)14/h2-6,10-11,20H,1H3. The largest absolute Gasteiger partial charge is 0.383 e. The lowest BCUT2D eigenvalue weighted by Crippen LogP contribution is -2.39. The van der Waals surface area contributed by atoms with E-state index < -0.39 is 17.4 Å². The van der Waals surface area contributed by atoms with Gasteiger partial charge >= 0.3 is 5.25 Å². The molecule has 2 unspecified atom stereocenters. The molecule has 0 aliphatic heterocycles. The lowest BCUT2D eigenvalue weighted by atomic mass is 10.0. The number of nitrogens with zero attached hydrogens (tertiary/aromatic N) is 3. The van der Waals surface area contributed by atoms with Crippen LogP contribution in [0.3, 0.4) is 0 Å². The molecule has 2 rings (SSSR count). The summed E-state index contributed by atoms with van der Waals surface area (Å²) in [5.74, 6) is 0. The van der Waals surface area contributed by atoms with Crippen LogP contribution < -0.4 is 0 Å². The Balaban J connectivity index is 2.52. The Morgan fingerprint density at radius 2 is 2.10 bits per heavy atom. The van der Waals surface area contributed by atoms with Crippen molar-refractivity contribution in [2.45, 2.75) is 17.4 Å². The van der Waals surface area contributed by atoms with Crippen molar-refractivity contribution in [1.29, 1.82) is 0 Å². The van der Waals surface area contributed by atoms with Gasteiger partial charge in [-0.1, -0.05) is 41.0 Å². The van der Waals surface area contributed by atoms with Crippen LogP contribution in [0.4, 0.5) is 8.78 Å². The molecule has 0 spiro atoms. The molecular weight excluding hydrogens is 343 g/mol. The highest BCUT2D eigenvalue weighted by molar-refractivity contribution is 7.99. The van der Waals surface area contributed by atoms with Crippen LogP contribution in [-0.2, 0) is 0 Å².